The predicted octanol–water partition coefficient (Wildman–Crippen LogP) is 0.549. The third-order valence-electron chi connectivity index (χ3n) is 2.62. The van der Waals surface area contributed by atoms with Crippen LogP contribution in [0.25, 0.3) is 0 Å². The summed E-state index contributed by atoms with van der Waals surface area (Å²) in [5.41, 5.74) is 6.38. The minimum absolute atomic E-state index is 0.229. The number of ether oxygens (including phenoxy) is 1. The van der Waals surface area contributed by atoms with Crippen LogP contribution in [0.5, 0.6) is 0 Å². The van der Waals surface area contributed by atoms with Gasteiger partial charge in [0.05, 0.1) is 24.1 Å². The fourth-order valence-electron chi connectivity index (χ4n) is 2.01. The first-order valence-corrected chi connectivity index (χ1v) is 5.60. The van der Waals surface area contributed by atoms with Gasteiger partial charge < -0.3 is 15.4 Å². The molecule has 1 aromatic heterocycles. The van der Waals surface area contributed by atoms with E-state index in [-0.39, 0.29) is 12.2 Å². The lowest BCUT2D eigenvalue weighted by Gasteiger charge is -2.35. The van der Waals surface area contributed by atoms with Gasteiger partial charge in [-0.25, -0.2) is 4.98 Å². The predicted molar refractivity (Wildman–Crippen MR) is 62.1 cm³/mol. The topological polar surface area (TPSA) is 64.3 Å². The van der Waals surface area contributed by atoms with E-state index in [1.807, 2.05) is 0 Å². The van der Waals surface area contributed by atoms with Crippen molar-refractivity contribution in [3.63, 3.8) is 0 Å². The first kappa shape index (κ1) is 11.3. The molecule has 1 aliphatic rings. The molecule has 2 unspecified atom stereocenters. The zero-order chi connectivity index (χ0) is 11.5. The van der Waals surface area contributed by atoms with E-state index in [9.17, 15) is 0 Å². The summed E-state index contributed by atoms with van der Waals surface area (Å²) in [5, 5.41) is 0. The zero-order valence-electron chi connectivity index (χ0n) is 9.76. The quantitative estimate of drug-likeness (QED) is 0.791. The Morgan fingerprint density at radius 2 is 2.06 bits per heavy atom. The van der Waals surface area contributed by atoms with Crippen LogP contribution in [0.3, 0.4) is 0 Å². The minimum atomic E-state index is 0.229. The van der Waals surface area contributed by atoms with Crippen molar-refractivity contribution in [2.75, 3.05) is 18.0 Å². The lowest BCUT2D eigenvalue weighted by atomic mass is 10.2. The van der Waals surface area contributed by atoms with Crippen molar-refractivity contribution in [1.29, 1.82) is 0 Å². The zero-order valence-corrected chi connectivity index (χ0v) is 9.76. The SMILES string of the molecule is CC1CN(c2cncc(CN)n2)CC(C)O1. The average molecular weight is 222 g/mol. The largest absolute Gasteiger partial charge is 0.372 e. The highest BCUT2D eigenvalue weighted by molar-refractivity contribution is 5.37. The van der Waals surface area contributed by atoms with Gasteiger partial charge in [0, 0.05) is 25.8 Å². The molecule has 0 saturated carbocycles. The lowest BCUT2D eigenvalue weighted by Crippen LogP contribution is -2.46. The Kier molecular flexibility index (Phi) is 3.36. The van der Waals surface area contributed by atoms with E-state index in [2.05, 4.69) is 28.7 Å². The number of hydrogen-bond donors (Lipinski definition) is 1. The number of nitrogens with zero attached hydrogens (tertiary/aromatic N) is 3. The summed E-state index contributed by atoms with van der Waals surface area (Å²) in [6.07, 6.45) is 3.94. The highest BCUT2D eigenvalue weighted by atomic mass is 16.5. The molecule has 5 nitrogen and oxygen atoms in total. The third kappa shape index (κ3) is 2.48. The van der Waals surface area contributed by atoms with Crippen LogP contribution in [-0.4, -0.2) is 35.3 Å². The molecule has 1 saturated heterocycles. The number of anilines is 1. The Morgan fingerprint density at radius 3 is 2.69 bits per heavy atom. The van der Waals surface area contributed by atoms with E-state index in [1.165, 1.54) is 0 Å². The molecule has 0 spiro atoms. The van der Waals surface area contributed by atoms with Gasteiger partial charge in [0.15, 0.2) is 0 Å². The molecule has 1 fully saturated rings. The molecule has 2 heterocycles. The number of morpholine rings is 1. The van der Waals surface area contributed by atoms with E-state index < -0.39 is 0 Å². The highest BCUT2D eigenvalue weighted by Gasteiger charge is 2.23. The fourth-order valence-corrected chi connectivity index (χ4v) is 2.01. The Balaban J connectivity index is 2.16. The Bertz CT molecular complexity index is 348. The second kappa shape index (κ2) is 4.76. The third-order valence-corrected chi connectivity index (χ3v) is 2.62. The van der Waals surface area contributed by atoms with Crippen LogP contribution < -0.4 is 10.6 Å². The molecule has 0 aromatic carbocycles. The van der Waals surface area contributed by atoms with E-state index >= 15 is 0 Å². The Hall–Kier alpha value is -1.20. The maximum atomic E-state index is 5.68. The van der Waals surface area contributed by atoms with Gasteiger partial charge >= 0.3 is 0 Å². The van der Waals surface area contributed by atoms with Crippen molar-refractivity contribution in [2.24, 2.45) is 5.73 Å². The lowest BCUT2D eigenvalue weighted by molar-refractivity contribution is -0.00548. The van der Waals surface area contributed by atoms with Crippen molar-refractivity contribution < 1.29 is 4.74 Å². The Labute approximate surface area is 95.6 Å². The molecule has 88 valence electrons. The van der Waals surface area contributed by atoms with Crippen molar-refractivity contribution in [3.05, 3.63) is 18.1 Å². The van der Waals surface area contributed by atoms with Gasteiger partial charge in [-0.3, -0.25) is 4.98 Å². The molecule has 1 aliphatic heterocycles. The average Bonchev–Trinajstić information content (AvgIpc) is 2.28. The molecule has 1 aromatic rings. The minimum Gasteiger partial charge on any atom is -0.372 e. The van der Waals surface area contributed by atoms with Gasteiger partial charge in [-0.05, 0) is 13.8 Å². The summed E-state index contributed by atoms with van der Waals surface area (Å²) in [5.74, 6) is 0.893. The monoisotopic (exact) mass is 222 g/mol. The summed E-state index contributed by atoms with van der Waals surface area (Å²) in [6.45, 7) is 6.28. The van der Waals surface area contributed by atoms with Crippen molar-refractivity contribution in [1.82, 2.24) is 9.97 Å². The summed E-state index contributed by atoms with van der Waals surface area (Å²) in [4.78, 5) is 10.8. The molecule has 2 rings (SSSR count). The highest BCUT2D eigenvalue weighted by Crippen LogP contribution is 2.17. The van der Waals surface area contributed by atoms with Crippen molar-refractivity contribution in [3.8, 4) is 0 Å². The molecular formula is C11H18N4O. The van der Waals surface area contributed by atoms with Crippen LogP contribution in [0.2, 0.25) is 0 Å². The molecule has 16 heavy (non-hydrogen) atoms. The summed E-state index contributed by atoms with van der Waals surface area (Å²) in [7, 11) is 0. The first-order chi connectivity index (χ1) is 7.69. The smallest absolute Gasteiger partial charge is 0.147 e. The summed E-state index contributed by atoms with van der Waals surface area (Å²) in [6, 6.07) is 0. The van der Waals surface area contributed by atoms with Crippen LogP contribution in [0.1, 0.15) is 19.5 Å². The molecule has 0 amide bonds. The van der Waals surface area contributed by atoms with E-state index in [0.717, 1.165) is 24.6 Å². The molecule has 0 aliphatic carbocycles. The number of nitrogens with two attached hydrogens (primary N) is 1. The molecule has 2 N–H and O–H groups in total. The van der Waals surface area contributed by atoms with Gasteiger partial charge in [-0.15, -0.1) is 0 Å². The first-order valence-electron chi connectivity index (χ1n) is 5.60. The van der Waals surface area contributed by atoms with Gasteiger partial charge in [0.2, 0.25) is 0 Å². The molecule has 0 bridgehead atoms. The van der Waals surface area contributed by atoms with Gasteiger partial charge in [0.25, 0.3) is 0 Å². The number of hydrogen-bond acceptors (Lipinski definition) is 5. The van der Waals surface area contributed by atoms with E-state index in [0.29, 0.717) is 6.54 Å². The van der Waals surface area contributed by atoms with Crippen LogP contribution in [-0.2, 0) is 11.3 Å². The van der Waals surface area contributed by atoms with Crippen LogP contribution in [0.15, 0.2) is 12.4 Å². The molecular weight excluding hydrogens is 204 g/mol. The maximum Gasteiger partial charge on any atom is 0.147 e. The molecule has 5 heteroatoms. The van der Waals surface area contributed by atoms with E-state index in [4.69, 9.17) is 10.5 Å². The normalized spacial score (nSPS) is 25.8. The van der Waals surface area contributed by atoms with Crippen LogP contribution in [0.4, 0.5) is 5.82 Å². The maximum absolute atomic E-state index is 5.68. The molecule has 0 radical (unpaired) electrons. The number of rotatable bonds is 2. The van der Waals surface area contributed by atoms with Gasteiger partial charge in [0.1, 0.15) is 5.82 Å². The van der Waals surface area contributed by atoms with Crippen LogP contribution >= 0.6 is 0 Å². The second-order valence-electron chi connectivity index (χ2n) is 4.24. The number of aromatic nitrogens is 2. The second-order valence-corrected chi connectivity index (χ2v) is 4.24. The Morgan fingerprint density at radius 1 is 1.38 bits per heavy atom. The standard InChI is InChI=1S/C11H18N4O/c1-8-6-15(7-9(2)16-8)11-5-13-4-10(3-12)14-11/h4-5,8-9H,3,6-7,12H2,1-2H3. The summed E-state index contributed by atoms with van der Waals surface area (Å²) < 4.78 is 5.68. The van der Waals surface area contributed by atoms with E-state index in [1.54, 1.807) is 12.4 Å². The summed E-state index contributed by atoms with van der Waals surface area (Å²) >= 11 is 0. The molecule has 2 atom stereocenters. The van der Waals surface area contributed by atoms with Crippen molar-refractivity contribution in [2.45, 2.75) is 32.6 Å². The van der Waals surface area contributed by atoms with Gasteiger partial charge in [-0.2, -0.15) is 0 Å². The van der Waals surface area contributed by atoms with Crippen LogP contribution in [0, 0.1) is 0 Å². The fraction of sp³-hybridized carbons (Fsp3) is 0.636. The van der Waals surface area contributed by atoms with Crippen molar-refractivity contribution >= 4 is 5.82 Å². The van der Waals surface area contributed by atoms with Gasteiger partial charge in [-0.1, -0.05) is 0 Å².